The predicted molar refractivity (Wildman–Crippen MR) is 117 cm³/mol. The maximum Gasteiger partial charge on any atom is 0.244 e. The molecule has 0 aromatic heterocycles. The minimum absolute atomic E-state index is 0.0513. The van der Waals surface area contributed by atoms with Gasteiger partial charge in [-0.05, 0) is 66.1 Å². The lowest BCUT2D eigenvalue weighted by atomic mass is 9.90. The van der Waals surface area contributed by atoms with Gasteiger partial charge in [0.1, 0.15) is 12.4 Å². The van der Waals surface area contributed by atoms with Gasteiger partial charge >= 0.3 is 0 Å². The van der Waals surface area contributed by atoms with E-state index in [0.717, 1.165) is 23.3 Å². The van der Waals surface area contributed by atoms with Crippen LogP contribution in [0.5, 0.6) is 5.75 Å². The number of rotatable bonds is 6. The van der Waals surface area contributed by atoms with E-state index < -0.39 is 0 Å². The van der Waals surface area contributed by atoms with Gasteiger partial charge in [-0.25, -0.2) is 5.43 Å². The molecule has 6 heteroatoms. The van der Waals surface area contributed by atoms with E-state index in [1.165, 1.54) is 19.3 Å². The molecule has 0 radical (unpaired) electrons. The van der Waals surface area contributed by atoms with E-state index in [1.54, 1.807) is 18.3 Å². The molecular formula is C23H24Cl2N2O2. The second-order valence-corrected chi connectivity index (χ2v) is 9.01. The van der Waals surface area contributed by atoms with Crippen molar-refractivity contribution in [2.75, 3.05) is 0 Å². The zero-order valence-electron chi connectivity index (χ0n) is 16.3. The lowest BCUT2D eigenvalue weighted by molar-refractivity contribution is -0.123. The molecule has 152 valence electrons. The van der Waals surface area contributed by atoms with Gasteiger partial charge in [0.05, 0.1) is 6.21 Å². The normalized spacial score (nSPS) is 25.5. The maximum atomic E-state index is 12.4. The summed E-state index contributed by atoms with van der Waals surface area (Å²) >= 11 is 12.1. The molecule has 0 bridgehead atoms. The Labute approximate surface area is 181 Å². The Bertz CT molecular complexity index is 929. The van der Waals surface area contributed by atoms with Gasteiger partial charge in [-0.2, -0.15) is 5.10 Å². The average Bonchev–Trinajstić information content (AvgIpc) is 3.34. The summed E-state index contributed by atoms with van der Waals surface area (Å²) in [5, 5.41) is 5.33. The number of fused-ring (bicyclic) bond motifs is 1. The smallest absolute Gasteiger partial charge is 0.244 e. The number of ether oxygens (including phenoxy) is 1. The first-order valence-corrected chi connectivity index (χ1v) is 10.7. The van der Waals surface area contributed by atoms with Crippen molar-refractivity contribution in [3.05, 3.63) is 63.6 Å². The van der Waals surface area contributed by atoms with E-state index in [1.807, 2.05) is 30.3 Å². The van der Waals surface area contributed by atoms with Gasteiger partial charge in [0, 0.05) is 21.5 Å². The number of nitrogens with zero attached hydrogens (tertiary/aromatic N) is 1. The molecule has 4 nitrogen and oxygen atoms in total. The Morgan fingerprint density at radius 2 is 2.03 bits per heavy atom. The second-order valence-electron chi connectivity index (χ2n) is 8.16. The molecule has 1 amide bonds. The zero-order valence-corrected chi connectivity index (χ0v) is 17.8. The predicted octanol–water partition coefficient (Wildman–Crippen LogP) is 5.85. The SMILES string of the molecule is C[C@@]12CCCC[C@H]1[C@@H]2C(=O)N/N=C\c1ccc(OCc2ccc(Cl)cc2Cl)cc1. The summed E-state index contributed by atoms with van der Waals surface area (Å²) in [6, 6.07) is 12.9. The standard InChI is InChI=1S/C23H24Cl2N2O2/c1-23-11-3-2-4-19(23)21(23)22(28)27-26-13-15-5-9-18(10-6-15)29-14-16-7-8-17(24)12-20(16)25/h5-10,12-13,19,21H,2-4,11,14H2,1H3,(H,27,28)/b26-13-/t19-,21+,23+/m0/s1. The quantitative estimate of drug-likeness (QED) is 0.461. The molecule has 3 atom stereocenters. The Morgan fingerprint density at radius 3 is 2.72 bits per heavy atom. The lowest BCUT2D eigenvalue weighted by Crippen LogP contribution is -2.22. The Morgan fingerprint density at radius 1 is 1.24 bits per heavy atom. The fourth-order valence-corrected chi connectivity index (χ4v) is 5.00. The van der Waals surface area contributed by atoms with Gasteiger partial charge in [-0.3, -0.25) is 4.79 Å². The van der Waals surface area contributed by atoms with Gasteiger partial charge in [0.25, 0.3) is 0 Å². The van der Waals surface area contributed by atoms with Crippen LogP contribution in [-0.2, 0) is 11.4 Å². The van der Waals surface area contributed by atoms with E-state index in [4.69, 9.17) is 27.9 Å². The molecule has 0 heterocycles. The van der Waals surface area contributed by atoms with E-state index in [9.17, 15) is 4.79 Å². The van der Waals surface area contributed by atoms with Crippen LogP contribution in [0.25, 0.3) is 0 Å². The third kappa shape index (κ3) is 4.44. The Hall–Kier alpha value is -2.04. The van der Waals surface area contributed by atoms with E-state index >= 15 is 0 Å². The number of amides is 1. The third-order valence-corrected chi connectivity index (χ3v) is 6.88. The van der Waals surface area contributed by atoms with Crippen LogP contribution in [0.15, 0.2) is 47.6 Å². The molecule has 29 heavy (non-hydrogen) atoms. The van der Waals surface area contributed by atoms with Crippen molar-refractivity contribution in [1.82, 2.24) is 5.43 Å². The maximum absolute atomic E-state index is 12.4. The van der Waals surface area contributed by atoms with Crippen molar-refractivity contribution in [2.24, 2.45) is 22.4 Å². The van der Waals surface area contributed by atoms with Crippen molar-refractivity contribution in [3.63, 3.8) is 0 Å². The molecule has 2 aromatic rings. The number of carbonyl (C=O) groups is 1. The van der Waals surface area contributed by atoms with E-state index in [2.05, 4.69) is 17.5 Å². The van der Waals surface area contributed by atoms with Crippen molar-refractivity contribution in [1.29, 1.82) is 0 Å². The number of hydrogen-bond donors (Lipinski definition) is 1. The van der Waals surface area contributed by atoms with Gasteiger partial charge in [-0.15, -0.1) is 0 Å². The van der Waals surface area contributed by atoms with Crippen LogP contribution >= 0.6 is 23.2 Å². The minimum atomic E-state index is 0.0513. The molecule has 2 aromatic carbocycles. The van der Waals surface area contributed by atoms with Crippen LogP contribution in [0.3, 0.4) is 0 Å². The molecule has 2 aliphatic carbocycles. The van der Waals surface area contributed by atoms with Crippen molar-refractivity contribution >= 4 is 35.3 Å². The first-order chi connectivity index (χ1) is 14.0. The molecule has 0 spiro atoms. The summed E-state index contributed by atoms with van der Waals surface area (Å²) in [5.74, 6) is 1.44. The summed E-state index contributed by atoms with van der Waals surface area (Å²) in [6.45, 7) is 2.60. The summed E-state index contributed by atoms with van der Waals surface area (Å²) in [6.07, 6.45) is 6.46. The number of hydrogen-bond acceptors (Lipinski definition) is 3. The van der Waals surface area contributed by atoms with Crippen molar-refractivity contribution < 1.29 is 9.53 Å². The Balaban J connectivity index is 1.27. The highest BCUT2D eigenvalue weighted by Crippen LogP contribution is 2.66. The number of benzene rings is 2. The molecule has 0 aliphatic heterocycles. The number of nitrogens with one attached hydrogen (secondary N) is 1. The monoisotopic (exact) mass is 430 g/mol. The largest absolute Gasteiger partial charge is 0.489 e. The second kappa shape index (κ2) is 8.37. The highest BCUT2D eigenvalue weighted by Gasteiger charge is 2.64. The highest BCUT2D eigenvalue weighted by atomic mass is 35.5. The molecule has 2 fully saturated rings. The van der Waals surface area contributed by atoms with Crippen LogP contribution in [0.1, 0.15) is 43.7 Å². The average molecular weight is 431 g/mol. The number of halogens is 2. The summed E-state index contributed by atoms with van der Waals surface area (Å²) in [5.41, 5.74) is 4.68. The van der Waals surface area contributed by atoms with Gasteiger partial charge < -0.3 is 4.74 Å². The summed E-state index contributed by atoms with van der Waals surface area (Å²) in [4.78, 5) is 12.4. The summed E-state index contributed by atoms with van der Waals surface area (Å²) < 4.78 is 5.77. The topological polar surface area (TPSA) is 50.7 Å². The van der Waals surface area contributed by atoms with E-state index in [-0.39, 0.29) is 17.2 Å². The molecule has 4 rings (SSSR count). The van der Waals surface area contributed by atoms with Crippen LogP contribution in [0.2, 0.25) is 10.0 Å². The first kappa shape index (κ1) is 20.2. The molecular weight excluding hydrogens is 407 g/mol. The molecule has 2 aliphatic rings. The fraction of sp³-hybridized carbons (Fsp3) is 0.391. The van der Waals surface area contributed by atoms with Gasteiger partial charge in [0.2, 0.25) is 5.91 Å². The number of carbonyl (C=O) groups excluding carboxylic acids is 1. The highest BCUT2D eigenvalue weighted by molar-refractivity contribution is 6.35. The molecule has 2 saturated carbocycles. The molecule has 1 N–H and O–H groups in total. The summed E-state index contributed by atoms with van der Waals surface area (Å²) in [7, 11) is 0. The van der Waals surface area contributed by atoms with Crippen LogP contribution in [0.4, 0.5) is 0 Å². The molecule has 0 saturated heterocycles. The fourth-order valence-electron chi connectivity index (χ4n) is 4.54. The first-order valence-electron chi connectivity index (χ1n) is 9.97. The minimum Gasteiger partial charge on any atom is -0.489 e. The van der Waals surface area contributed by atoms with E-state index in [0.29, 0.717) is 22.6 Å². The third-order valence-electron chi connectivity index (χ3n) is 6.29. The lowest BCUT2D eigenvalue weighted by Gasteiger charge is -2.15. The van der Waals surface area contributed by atoms with Gasteiger partial charge in [-0.1, -0.05) is 49.0 Å². The van der Waals surface area contributed by atoms with Crippen LogP contribution < -0.4 is 10.2 Å². The van der Waals surface area contributed by atoms with Gasteiger partial charge in [0.15, 0.2) is 0 Å². The van der Waals surface area contributed by atoms with Crippen LogP contribution in [-0.4, -0.2) is 12.1 Å². The van der Waals surface area contributed by atoms with Crippen molar-refractivity contribution in [3.8, 4) is 5.75 Å². The number of hydrazone groups is 1. The van der Waals surface area contributed by atoms with Crippen LogP contribution in [0, 0.1) is 17.3 Å². The Kier molecular flexibility index (Phi) is 5.84. The molecule has 0 unspecified atom stereocenters. The van der Waals surface area contributed by atoms with Crippen molar-refractivity contribution in [2.45, 2.75) is 39.2 Å². The zero-order chi connectivity index (χ0) is 20.4.